The number of aryl methyl sites for hydroxylation is 1. The molecule has 5 nitrogen and oxygen atoms in total. The maximum absolute atomic E-state index is 12.1. The first-order valence-electron chi connectivity index (χ1n) is 6.13. The number of carboxylic acids is 1. The van der Waals surface area contributed by atoms with Gasteiger partial charge in [0.25, 0.3) is 0 Å². The second kappa shape index (κ2) is 5.57. The second-order valence-corrected chi connectivity index (χ2v) is 5.19. The minimum Gasteiger partial charge on any atom is -0.481 e. The summed E-state index contributed by atoms with van der Waals surface area (Å²) in [6.07, 6.45) is 3.11. The van der Waals surface area contributed by atoms with Crippen LogP contribution in [0.2, 0.25) is 5.15 Å². The number of amides is 1. The van der Waals surface area contributed by atoms with Crippen molar-refractivity contribution in [3.8, 4) is 0 Å². The molecule has 1 fully saturated rings. The lowest BCUT2D eigenvalue weighted by molar-refractivity contribution is -0.141. The highest BCUT2D eigenvalue weighted by atomic mass is 35.5. The third-order valence-corrected chi connectivity index (χ3v) is 3.80. The molecule has 1 heterocycles. The molecule has 2 atom stereocenters. The van der Waals surface area contributed by atoms with E-state index in [2.05, 4.69) is 10.3 Å². The topological polar surface area (TPSA) is 79.3 Å². The SMILES string of the molecule is Cc1ccnc(Cl)c1NC(=O)[C@@H]1CC[C@H](C(=O)O)C1. The fraction of sp³-hybridized carbons (Fsp3) is 0.462. The third kappa shape index (κ3) is 3.04. The molecule has 1 aliphatic carbocycles. The van der Waals surface area contributed by atoms with E-state index >= 15 is 0 Å². The van der Waals surface area contributed by atoms with Crippen LogP contribution in [0.1, 0.15) is 24.8 Å². The molecule has 0 unspecified atom stereocenters. The zero-order chi connectivity index (χ0) is 14.0. The lowest BCUT2D eigenvalue weighted by Crippen LogP contribution is -2.22. The Labute approximate surface area is 116 Å². The molecule has 0 spiro atoms. The van der Waals surface area contributed by atoms with Crippen molar-refractivity contribution in [2.75, 3.05) is 5.32 Å². The first kappa shape index (κ1) is 13.8. The zero-order valence-corrected chi connectivity index (χ0v) is 11.3. The Kier molecular flexibility index (Phi) is 4.04. The lowest BCUT2D eigenvalue weighted by atomic mass is 10.0. The minimum atomic E-state index is -0.828. The average molecular weight is 283 g/mol. The number of carboxylic acid groups (broad SMARTS) is 1. The zero-order valence-electron chi connectivity index (χ0n) is 10.5. The van der Waals surface area contributed by atoms with E-state index in [1.807, 2.05) is 6.92 Å². The van der Waals surface area contributed by atoms with E-state index in [0.29, 0.717) is 24.9 Å². The first-order chi connectivity index (χ1) is 8.99. The maximum Gasteiger partial charge on any atom is 0.306 e. The second-order valence-electron chi connectivity index (χ2n) is 4.83. The molecule has 0 saturated heterocycles. The Morgan fingerprint density at radius 2 is 2.11 bits per heavy atom. The number of aromatic nitrogens is 1. The number of halogens is 1. The first-order valence-corrected chi connectivity index (χ1v) is 6.51. The summed E-state index contributed by atoms with van der Waals surface area (Å²) in [6, 6.07) is 1.76. The van der Waals surface area contributed by atoms with Gasteiger partial charge in [-0.2, -0.15) is 0 Å². The van der Waals surface area contributed by atoms with Gasteiger partial charge in [-0.1, -0.05) is 11.6 Å². The molecule has 2 rings (SSSR count). The lowest BCUT2D eigenvalue weighted by Gasteiger charge is -2.13. The molecule has 0 radical (unpaired) electrons. The largest absolute Gasteiger partial charge is 0.481 e. The number of anilines is 1. The summed E-state index contributed by atoms with van der Waals surface area (Å²) in [5, 5.41) is 11.9. The van der Waals surface area contributed by atoms with Gasteiger partial charge >= 0.3 is 5.97 Å². The van der Waals surface area contributed by atoms with E-state index < -0.39 is 11.9 Å². The number of hydrogen-bond acceptors (Lipinski definition) is 3. The van der Waals surface area contributed by atoms with Crippen LogP contribution in [0.4, 0.5) is 5.69 Å². The van der Waals surface area contributed by atoms with Gasteiger partial charge in [0.05, 0.1) is 11.6 Å². The highest BCUT2D eigenvalue weighted by Crippen LogP contribution is 2.33. The number of rotatable bonds is 3. The molecule has 0 aliphatic heterocycles. The summed E-state index contributed by atoms with van der Waals surface area (Å²) in [4.78, 5) is 26.9. The Hall–Kier alpha value is -1.62. The summed E-state index contributed by atoms with van der Waals surface area (Å²) in [5.41, 5.74) is 1.34. The average Bonchev–Trinajstić information content (AvgIpc) is 2.83. The van der Waals surface area contributed by atoms with Crippen LogP contribution in [0.25, 0.3) is 0 Å². The van der Waals surface area contributed by atoms with Crippen LogP contribution in [0.15, 0.2) is 12.3 Å². The smallest absolute Gasteiger partial charge is 0.306 e. The van der Waals surface area contributed by atoms with Gasteiger partial charge in [-0.15, -0.1) is 0 Å². The molecule has 6 heteroatoms. The highest BCUT2D eigenvalue weighted by Gasteiger charge is 2.34. The van der Waals surface area contributed by atoms with E-state index in [4.69, 9.17) is 16.7 Å². The Morgan fingerprint density at radius 3 is 2.68 bits per heavy atom. The molecule has 1 aliphatic rings. The summed E-state index contributed by atoms with van der Waals surface area (Å²) in [6.45, 7) is 1.83. The molecule has 1 amide bonds. The fourth-order valence-electron chi connectivity index (χ4n) is 2.34. The molecule has 0 aromatic carbocycles. The van der Waals surface area contributed by atoms with Gasteiger partial charge in [-0.05, 0) is 37.8 Å². The van der Waals surface area contributed by atoms with Gasteiger partial charge in [0.15, 0.2) is 5.15 Å². The van der Waals surface area contributed by atoms with E-state index in [9.17, 15) is 9.59 Å². The number of nitrogens with one attached hydrogen (secondary N) is 1. The van der Waals surface area contributed by atoms with Crippen LogP contribution < -0.4 is 5.32 Å². The van der Waals surface area contributed by atoms with E-state index in [1.54, 1.807) is 12.3 Å². The van der Waals surface area contributed by atoms with Gasteiger partial charge in [-0.25, -0.2) is 4.98 Å². The van der Waals surface area contributed by atoms with Crippen molar-refractivity contribution in [2.45, 2.75) is 26.2 Å². The van der Waals surface area contributed by atoms with Gasteiger partial charge in [-0.3, -0.25) is 9.59 Å². The minimum absolute atomic E-state index is 0.179. The molecular weight excluding hydrogens is 268 g/mol. The van der Waals surface area contributed by atoms with Crippen LogP contribution >= 0.6 is 11.6 Å². The number of carbonyl (C=O) groups excluding carboxylic acids is 1. The quantitative estimate of drug-likeness (QED) is 0.835. The number of pyridine rings is 1. The Balaban J connectivity index is 2.04. The van der Waals surface area contributed by atoms with Crippen molar-refractivity contribution < 1.29 is 14.7 Å². The number of carbonyl (C=O) groups is 2. The van der Waals surface area contributed by atoms with Crippen molar-refractivity contribution in [1.82, 2.24) is 4.98 Å². The summed E-state index contributed by atoms with van der Waals surface area (Å²) in [7, 11) is 0. The van der Waals surface area contributed by atoms with Crippen molar-refractivity contribution in [2.24, 2.45) is 11.8 Å². The summed E-state index contributed by atoms with van der Waals surface area (Å²) >= 11 is 5.94. The van der Waals surface area contributed by atoms with E-state index in [0.717, 1.165) is 5.56 Å². The van der Waals surface area contributed by atoms with Gasteiger partial charge in [0, 0.05) is 12.1 Å². The highest BCUT2D eigenvalue weighted by molar-refractivity contribution is 6.32. The van der Waals surface area contributed by atoms with E-state index in [-0.39, 0.29) is 17.0 Å². The van der Waals surface area contributed by atoms with Gasteiger partial charge in [0.2, 0.25) is 5.91 Å². The Morgan fingerprint density at radius 1 is 1.42 bits per heavy atom. The molecular formula is C13H15ClN2O3. The van der Waals surface area contributed by atoms with Crippen LogP contribution in [0.5, 0.6) is 0 Å². The predicted molar refractivity (Wildman–Crippen MR) is 71.1 cm³/mol. The Bertz CT molecular complexity index is 498. The van der Waals surface area contributed by atoms with Crippen molar-refractivity contribution in [3.05, 3.63) is 23.0 Å². The molecule has 0 bridgehead atoms. The van der Waals surface area contributed by atoms with Crippen LogP contribution in [0, 0.1) is 18.8 Å². The molecule has 1 aromatic rings. The van der Waals surface area contributed by atoms with Crippen molar-refractivity contribution >= 4 is 29.2 Å². The standard InChI is InChI=1S/C13H15ClN2O3/c1-7-4-5-15-11(14)10(7)16-12(17)8-2-3-9(6-8)13(18)19/h4-5,8-9H,2-3,6H2,1H3,(H,16,17)(H,18,19)/t8-,9+/m1/s1. The number of aliphatic carboxylic acids is 1. The van der Waals surface area contributed by atoms with Crippen molar-refractivity contribution in [1.29, 1.82) is 0 Å². The fourth-order valence-corrected chi connectivity index (χ4v) is 2.60. The molecule has 19 heavy (non-hydrogen) atoms. The maximum atomic E-state index is 12.1. The third-order valence-electron chi connectivity index (χ3n) is 3.51. The molecule has 102 valence electrons. The number of hydrogen-bond donors (Lipinski definition) is 2. The molecule has 1 aromatic heterocycles. The predicted octanol–water partition coefficient (Wildman–Crippen LogP) is 2.48. The van der Waals surface area contributed by atoms with Gasteiger partial charge < -0.3 is 10.4 Å². The van der Waals surface area contributed by atoms with Crippen LogP contribution in [-0.2, 0) is 9.59 Å². The van der Waals surface area contributed by atoms with Crippen LogP contribution in [0.3, 0.4) is 0 Å². The van der Waals surface area contributed by atoms with Crippen molar-refractivity contribution in [3.63, 3.8) is 0 Å². The summed E-state index contributed by atoms with van der Waals surface area (Å²) < 4.78 is 0. The summed E-state index contributed by atoms with van der Waals surface area (Å²) in [5.74, 6) is -1.69. The molecule has 2 N–H and O–H groups in total. The monoisotopic (exact) mass is 282 g/mol. The van der Waals surface area contributed by atoms with Crippen LogP contribution in [-0.4, -0.2) is 22.0 Å². The number of nitrogens with zero attached hydrogens (tertiary/aromatic N) is 1. The normalized spacial score (nSPS) is 22.2. The van der Waals surface area contributed by atoms with Gasteiger partial charge in [0.1, 0.15) is 0 Å². The molecule has 1 saturated carbocycles. The van der Waals surface area contributed by atoms with E-state index in [1.165, 1.54) is 0 Å².